The zero-order valence-electron chi connectivity index (χ0n) is 39.9. The molecule has 0 unspecified atom stereocenters. The van der Waals surface area contributed by atoms with Crippen LogP contribution in [0.5, 0.6) is 0 Å². The van der Waals surface area contributed by atoms with Crippen molar-refractivity contribution in [2.75, 3.05) is 49.2 Å². The minimum Gasteiger partial charge on any atom is -0.462 e. The number of aliphatic hydroxyl groups is 1. The Labute approximate surface area is 375 Å². The van der Waals surface area contributed by atoms with Crippen molar-refractivity contribution in [3.8, 4) is 0 Å². The molecule has 63 heavy (non-hydrogen) atoms. The Hall–Kier alpha value is -3.28. The molecular formula is C48H77NO14. The molecule has 3 rings (SSSR count). The number of rotatable bonds is 18. The molecule has 0 aromatic rings. The lowest BCUT2D eigenvalue weighted by atomic mass is 9.78. The van der Waals surface area contributed by atoms with Gasteiger partial charge in [-0.3, -0.25) is 14.4 Å². The van der Waals surface area contributed by atoms with E-state index in [1.54, 1.807) is 67.9 Å². The van der Waals surface area contributed by atoms with E-state index in [1.807, 2.05) is 46.8 Å². The second-order valence-corrected chi connectivity index (χ2v) is 17.8. The van der Waals surface area contributed by atoms with Gasteiger partial charge in [0, 0.05) is 111 Å². The molecule has 0 radical (unpaired) electrons. The molecule has 0 aromatic carbocycles. The lowest BCUT2D eigenvalue weighted by Crippen LogP contribution is -2.50. The van der Waals surface area contributed by atoms with Crippen LogP contribution in [-0.4, -0.2) is 150 Å². The molecule has 15 heteroatoms. The average Bonchev–Trinajstić information content (AvgIpc) is 4.07. The van der Waals surface area contributed by atoms with Crippen LogP contribution >= 0.6 is 0 Å². The molecule has 0 aliphatic carbocycles. The Balaban J connectivity index is 2.00. The van der Waals surface area contributed by atoms with Crippen LogP contribution in [0.1, 0.15) is 87.0 Å². The normalized spacial score (nSPS) is 34.0. The molecule has 1 saturated heterocycles. The van der Waals surface area contributed by atoms with Gasteiger partial charge in [-0.2, -0.15) is 0 Å². The minimum atomic E-state index is -0.997. The molecule has 16 atom stereocenters. The molecule has 3 aliphatic rings. The highest BCUT2D eigenvalue weighted by atomic mass is 16.6. The third-order valence-corrected chi connectivity index (χ3v) is 13.2. The summed E-state index contributed by atoms with van der Waals surface area (Å²) in [6, 6.07) is 0. The predicted octanol–water partition coefficient (Wildman–Crippen LogP) is 5.57. The molecule has 358 valence electrons. The number of epoxide rings is 1. The third-order valence-electron chi connectivity index (χ3n) is 13.2. The first-order chi connectivity index (χ1) is 29.9. The number of amides is 1. The van der Waals surface area contributed by atoms with Gasteiger partial charge in [0.1, 0.15) is 23.6 Å². The second kappa shape index (κ2) is 26.0. The van der Waals surface area contributed by atoms with Gasteiger partial charge in [0.15, 0.2) is 0 Å². The third kappa shape index (κ3) is 15.4. The van der Waals surface area contributed by atoms with E-state index in [0.717, 1.165) is 0 Å². The molecule has 0 saturated carbocycles. The number of methoxy groups -OCH3 is 5. The van der Waals surface area contributed by atoms with Crippen LogP contribution in [-0.2, 0) is 61.8 Å². The topological polar surface area (TPSA) is 178 Å². The average molecular weight is 892 g/mol. The summed E-state index contributed by atoms with van der Waals surface area (Å²) in [5.41, 5.74) is -0.184. The summed E-state index contributed by atoms with van der Waals surface area (Å²) in [5.74, 6) is -3.19. The van der Waals surface area contributed by atoms with E-state index in [2.05, 4.69) is 6.08 Å². The number of ketones is 1. The fraction of sp³-hybridized carbons (Fsp3) is 0.750. The number of nitrogens with zero attached hydrogens (tertiary/aromatic N) is 1. The molecule has 3 heterocycles. The molecule has 15 nitrogen and oxygen atoms in total. The van der Waals surface area contributed by atoms with E-state index < -0.39 is 84.1 Å². The fourth-order valence-electron chi connectivity index (χ4n) is 9.31. The van der Waals surface area contributed by atoms with Gasteiger partial charge < -0.3 is 52.6 Å². The van der Waals surface area contributed by atoms with E-state index in [4.69, 9.17) is 42.6 Å². The van der Waals surface area contributed by atoms with E-state index in [0.29, 0.717) is 50.7 Å². The summed E-state index contributed by atoms with van der Waals surface area (Å²) in [4.78, 5) is 52.7. The van der Waals surface area contributed by atoms with Crippen LogP contribution in [0.3, 0.4) is 0 Å². The van der Waals surface area contributed by atoms with Crippen LogP contribution in [0.4, 0.5) is 0 Å². The number of esters is 2. The van der Waals surface area contributed by atoms with Crippen molar-refractivity contribution in [1.82, 2.24) is 4.90 Å². The van der Waals surface area contributed by atoms with Crippen molar-refractivity contribution in [3.63, 3.8) is 0 Å². The Morgan fingerprint density at radius 2 is 1.62 bits per heavy atom. The number of cyclic esters (lactones) is 1. The van der Waals surface area contributed by atoms with Crippen LogP contribution in [0.15, 0.2) is 48.2 Å². The van der Waals surface area contributed by atoms with Gasteiger partial charge in [0.05, 0.1) is 55.4 Å². The highest BCUT2D eigenvalue weighted by molar-refractivity contribution is 5.82. The highest BCUT2D eigenvalue weighted by Gasteiger charge is 2.59. The van der Waals surface area contributed by atoms with Crippen molar-refractivity contribution in [2.45, 2.75) is 154 Å². The number of Topliss-reactive ketones (excluding diaryl/α,β-unsaturated/α-hetero) is 1. The maximum Gasteiger partial charge on any atom is 0.331 e. The monoisotopic (exact) mass is 892 g/mol. The maximum atomic E-state index is 13.8. The van der Waals surface area contributed by atoms with Gasteiger partial charge in [0.2, 0.25) is 6.41 Å². The van der Waals surface area contributed by atoms with Gasteiger partial charge >= 0.3 is 11.9 Å². The highest BCUT2D eigenvalue weighted by Crippen LogP contribution is 2.44. The maximum absolute atomic E-state index is 13.8. The number of carbonyl (C=O) groups excluding carboxylic acids is 4. The molecule has 1 spiro atoms. The number of carbonyl (C=O) groups is 4. The van der Waals surface area contributed by atoms with Gasteiger partial charge in [-0.15, -0.1) is 0 Å². The van der Waals surface area contributed by atoms with Crippen molar-refractivity contribution in [2.24, 2.45) is 29.6 Å². The van der Waals surface area contributed by atoms with Crippen LogP contribution in [0, 0.1) is 29.6 Å². The zero-order chi connectivity index (χ0) is 47.0. The quantitative estimate of drug-likeness (QED) is 0.0782. The Kier molecular flexibility index (Phi) is 22.3. The van der Waals surface area contributed by atoms with E-state index in [9.17, 15) is 24.3 Å². The molecule has 0 aromatic heterocycles. The summed E-state index contributed by atoms with van der Waals surface area (Å²) in [7, 11) is 9.61. The van der Waals surface area contributed by atoms with E-state index in [1.165, 1.54) is 17.9 Å². The fourth-order valence-corrected chi connectivity index (χ4v) is 9.31. The molecule has 2 bridgehead atoms. The van der Waals surface area contributed by atoms with Crippen molar-refractivity contribution < 1.29 is 66.9 Å². The first-order valence-corrected chi connectivity index (χ1v) is 22.3. The number of allylic oxidation sites excluding steroid dienone is 2. The molecule has 1 N–H and O–H groups in total. The standard InChI is InChI=1S/C48H77NO14/c1-29-17-20-44(54)63-47(34(6)46(61-35(7)51)30(2)18-19-38(52)32(4)45(59-13)31(3)21-22-49(8)28-50)33(5)40(55-9)26-43(58-12)48(27-60-48)42(57-11)25-37-16-14-15-36(62-37)24-41(56-10)39(53)23-29/h14-15,17,20-23,28,30-34,36-37,39-43,45-47,53H,16,18-19,24-27H2,1-13H3/b20-17+,22-21+,29-23+/t30-,31+,32+,33-,34-,36+,37-,39+,40+,41+,42-,43+,45-,46-,47+,48-/m1/s1. The number of hydrogen-bond donors (Lipinski definition) is 1. The number of ether oxygens (including phenoxy) is 9. The molecule has 3 aliphatic heterocycles. The van der Waals surface area contributed by atoms with Gasteiger partial charge in [0.25, 0.3) is 0 Å². The SMILES string of the molecule is CO[C@H]([C@@H](C)/C=C/N(C)C=O)[C@@H](C)C(=O)CC[C@@H](C)[C@@H](OC(C)=O)[C@@H](C)[C@H]1OC(=O)/C=C/C(C)=C/[C@H](O)[C@@H](OC)C[C@@H]2C=CC[C@H](C[C@@H](OC)[C@]3(CO3)[C@@H](OC)C[C@H](OC)[C@H]1C)O2. The Morgan fingerprint density at radius 1 is 0.968 bits per heavy atom. The van der Waals surface area contributed by atoms with E-state index >= 15 is 0 Å². The van der Waals surface area contributed by atoms with Crippen LogP contribution < -0.4 is 0 Å². The van der Waals surface area contributed by atoms with Crippen LogP contribution in [0.25, 0.3) is 0 Å². The zero-order valence-corrected chi connectivity index (χ0v) is 39.9. The first-order valence-electron chi connectivity index (χ1n) is 22.3. The van der Waals surface area contributed by atoms with Crippen molar-refractivity contribution in [1.29, 1.82) is 0 Å². The van der Waals surface area contributed by atoms with E-state index in [-0.39, 0.29) is 36.2 Å². The smallest absolute Gasteiger partial charge is 0.331 e. The number of fused-ring (bicyclic) bond motifs is 2. The Morgan fingerprint density at radius 3 is 2.19 bits per heavy atom. The minimum absolute atomic E-state index is 0.0215. The number of hydrogen-bond acceptors (Lipinski definition) is 14. The molecule has 1 amide bonds. The Bertz CT molecular complexity index is 1580. The summed E-state index contributed by atoms with van der Waals surface area (Å²) < 4.78 is 55.0. The summed E-state index contributed by atoms with van der Waals surface area (Å²) in [6.07, 6.45) is 9.72. The second-order valence-electron chi connectivity index (χ2n) is 17.8. The van der Waals surface area contributed by atoms with Crippen molar-refractivity contribution >= 4 is 24.1 Å². The largest absolute Gasteiger partial charge is 0.462 e. The summed E-state index contributed by atoms with van der Waals surface area (Å²) in [5, 5.41) is 11.2. The van der Waals surface area contributed by atoms with Gasteiger partial charge in [-0.05, 0) is 25.7 Å². The first kappa shape index (κ1) is 54.1. The molecular weight excluding hydrogens is 815 g/mol. The number of aliphatic hydroxyl groups excluding tert-OH is 1. The summed E-state index contributed by atoms with van der Waals surface area (Å²) in [6.45, 7) is 13.0. The summed E-state index contributed by atoms with van der Waals surface area (Å²) >= 11 is 0. The van der Waals surface area contributed by atoms with Crippen molar-refractivity contribution in [3.05, 3.63) is 48.2 Å². The van der Waals surface area contributed by atoms with Crippen LogP contribution in [0.2, 0.25) is 0 Å². The lowest BCUT2D eigenvalue weighted by molar-refractivity contribution is -0.169. The van der Waals surface area contributed by atoms with Gasteiger partial charge in [-0.1, -0.05) is 70.6 Å². The molecule has 1 fully saturated rings. The lowest BCUT2D eigenvalue weighted by Gasteiger charge is -2.40. The predicted molar refractivity (Wildman–Crippen MR) is 236 cm³/mol. The van der Waals surface area contributed by atoms with Gasteiger partial charge in [-0.25, -0.2) is 4.79 Å².